The van der Waals surface area contributed by atoms with Crippen LogP contribution in [0.1, 0.15) is 40.9 Å². The third kappa shape index (κ3) is 3.59. The average molecular weight is 397 g/mol. The highest BCUT2D eigenvalue weighted by molar-refractivity contribution is 5.91. The molecule has 0 spiro atoms. The monoisotopic (exact) mass is 397 g/mol. The van der Waals surface area contributed by atoms with Gasteiger partial charge in [-0.1, -0.05) is 6.92 Å². The average Bonchev–Trinajstić information content (AvgIpc) is 2.99. The van der Waals surface area contributed by atoms with Gasteiger partial charge in [-0.05, 0) is 49.1 Å². The summed E-state index contributed by atoms with van der Waals surface area (Å²) in [7, 11) is 0. The Labute approximate surface area is 157 Å². The molecule has 2 aromatic rings. The van der Waals surface area contributed by atoms with Gasteiger partial charge in [-0.15, -0.1) is 0 Å². The van der Waals surface area contributed by atoms with Crippen LogP contribution in [0.5, 0.6) is 5.75 Å². The number of aromatic nitrogens is 2. The molecule has 10 heteroatoms. The lowest BCUT2D eigenvalue weighted by Gasteiger charge is -2.22. The molecule has 1 aliphatic rings. The van der Waals surface area contributed by atoms with Gasteiger partial charge in [-0.3, -0.25) is 4.68 Å². The number of carbonyl (C=O) groups excluding carboxylic acids is 1. The van der Waals surface area contributed by atoms with E-state index in [1.165, 1.54) is 22.9 Å². The predicted molar refractivity (Wildman–Crippen MR) is 92.1 cm³/mol. The number of carboxylic acid groups (broad SMARTS) is 1. The molecule has 1 heterocycles. The number of rotatable bonds is 5. The Hall–Kier alpha value is -2.88. The third-order valence-electron chi connectivity index (χ3n) is 4.56. The number of carboxylic acids is 1. The van der Waals surface area contributed by atoms with E-state index in [2.05, 4.69) is 9.84 Å². The molecule has 0 saturated heterocycles. The summed E-state index contributed by atoms with van der Waals surface area (Å²) in [5.41, 5.74) is 7.89. The molecule has 0 amide bonds. The summed E-state index contributed by atoms with van der Waals surface area (Å²) in [6.45, 7) is 2.54. The highest BCUT2D eigenvalue weighted by Gasteiger charge is 2.41. The molecule has 0 aliphatic heterocycles. The maximum Gasteiger partial charge on any atom is 0.491 e. The first-order valence-corrected chi connectivity index (χ1v) is 8.59. The summed E-state index contributed by atoms with van der Waals surface area (Å²) in [6, 6.07) is 4.09. The second kappa shape index (κ2) is 7.27. The van der Waals surface area contributed by atoms with Crippen molar-refractivity contribution in [2.45, 2.75) is 38.4 Å². The van der Waals surface area contributed by atoms with Crippen LogP contribution in [0, 0.1) is 0 Å². The van der Waals surface area contributed by atoms with E-state index in [4.69, 9.17) is 5.73 Å². The Balaban J connectivity index is 2.03. The number of aryl methyl sites for hydroxylation is 1. The Morgan fingerprint density at radius 3 is 2.71 bits per heavy atom. The fraction of sp³-hybridized carbons (Fsp3) is 0.389. The zero-order chi connectivity index (χ0) is 20.6. The van der Waals surface area contributed by atoms with E-state index in [1.807, 2.05) is 6.92 Å². The summed E-state index contributed by atoms with van der Waals surface area (Å²) in [6.07, 6.45) is -4.16. The lowest BCUT2D eigenvalue weighted by molar-refractivity contribution is -0.189. The molecule has 150 valence electrons. The van der Waals surface area contributed by atoms with Crippen molar-refractivity contribution in [1.82, 2.24) is 9.78 Å². The van der Waals surface area contributed by atoms with Gasteiger partial charge in [0, 0.05) is 17.7 Å². The van der Waals surface area contributed by atoms with E-state index in [-0.39, 0.29) is 17.4 Å². The number of nitrogens with two attached hydrogens (primary N) is 1. The van der Waals surface area contributed by atoms with Crippen molar-refractivity contribution in [1.29, 1.82) is 0 Å². The van der Waals surface area contributed by atoms with E-state index < -0.39 is 18.1 Å². The lowest BCUT2D eigenvalue weighted by atomic mass is 9.82. The van der Waals surface area contributed by atoms with Crippen LogP contribution in [0.4, 0.5) is 13.2 Å². The van der Waals surface area contributed by atoms with Crippen LogP contribution < -0.4 is 10.5 Å². The first kappa shape index (κ1) is 19.9. The molecule has 3 rings (SSSR count). The van der Waals surface area contributed by atoms with Crippen LogP contribution in [0.3, 0.4) is 0 Å². The lowest BCUT2D eigenvalue weighted by Crippen LogP contribution is -2.28. The molecule has 3 N–H and O–H groups in total. The van der Waals surface area contributed by atoms with Crippen molar-refractivity contribution in [3.8, 4) is 17.0 Å². The van der Waals surface area contributed by atoms with E-state index in [9.17, 15) is 27.9 Å². The molecule has 0 bridgehead atoms. The van der Waals surface area contributed by atoms with Gasteiger partial charge in [-0.25, -0.2) is 9.59 Å². The molecule has 7 nitrogen and oxygen atoms in total. The zero-order valence-electron chi connectivity index (χ0n) is 14.9. The highest BCUT2D eigenvalue weighted by atomic mass is 19.4. The number of aromatic carboxylic acids is 1. The first-order chi connectivity index (χ1) is 13.1. The minimum Gasteiger partial charge on any atom is -0.477 e. The van der Waals surface area contributed by atoms with Gasteiger partial charge in [0.05, 0.1) is 5.69 Å². The number of carbonyl (C=O) groups is 2. The molecule has 0 saturated carbocycles. The minimum absolute atomic E-state index is 0.0918. The summed E-state index contributed by atoms with van der Waals surface area (Å²) < 4.78 is 43.0. The molecule has 1 aliphatic carbocycles. The summed E-state index contributed by atoms with van der Waals surface area (Å²) in [4.78, 5) is 22.8. The highest BCUT2D eigenvalue weighted by Crippen LogP contribution is 2.42. The number of ether oxygens (including phenoxy) is 1. The Bertz CT molecular complexity index is 937. The van der Waals surface area contributed by atoms with Gasteiger partial charge in [0.1, 0.15) is 11.4 Å². The second-order valence-electron chi connectivity index (χ2n) is 6.59. The molecule has 0 radical (unpaired) electrons. The first-order valence-electron chi connectivity index (χ1n) is 8.59. The predicted octanol–water partition coefficient (Wildman–Crippen LogP) is 2.72. The van der Waals surface area contributed by atoms with Gasteiger partial charge in [-0.2, -0.15) is 18.3 Å². The molecule has 1 aromatic carbocycles. The number of hydrogen-bond acceptors (Lipinski definition) is 5. The van der Waals surface area contributed by atoms with Crippen molar-refractivity contribution >= 4 is 11.9 Å². The van der Waals surface area contributed by atoms with Gasteiger partial charge in [0.15, 0.2) is 0 Å². The third-order valence-corrected chi connectivity index (χ3v) is 4.56. The molecular formula is C18H18F3N3O4. The smallest absolute Gasteiger partial charge is 0.477 e. The van der Waals surface area contributed by atoms with Crippen LogP contribution in [0.25, 0.3) is 11.3 Å². The maximum atomic E-state index is 12.4. The molecule has 0 fully saturated rings. The van der Waals surface area contributed by atoms with Crippen LogP contribution in [-0.2, 0) is 17.8 Å². The summed E-state index contributed by atoms with van der Waals surface area (Å²) in [5, 5.41) is 14.1. The van der Waals surface area contributed by atoms with Crippen LogP contribution in [0.2, 0.25) is 0 Å². The van der Waals surface area contributed by atoms with Crippen LogP contribution >= 0.6 is 0 Å². The molecular weight excluding hydrogens is 379 g/mol. The topological polar surface area (TPSA) is 107 Å². The molecule has 1 unspecified atom stereocenters. The molecule has 1 atom stereocenters. The summed E-state index contributed by atoms with van der Waals surface area (Å²) in [5.74, 6) is -3.85. The van der Waals surface area contributed by atoms with Crippen molar-refractivity contribution < 1.29 is 32.6 Å². The van der Waals surface area contributed by atoms with Crippen molar-refractivity contribution in [3.63, 3.8) is 0 Å². The van der Waals surface area contributed by atoms with Gasteiger partial charge in [0.2, 0.25) is 0 Å². The fourth-order valence-corrected chi connectivity index (χ4v) is 3.40. The Kier molecular flexibility index (Phi) is 5.16. The number of alkyl halides is 3. The molecule has 1 aromatic heterocycles. The van der Waals surface area contributed by atoms with E-state index in [0.29, 0.717) is 48.3 Å². The quantitative estimate of drug-likeness (QED) is 0.593. The maximum absolute atomic E-state index is 12.4. The van der Waals surface area contributed by atoms with Gasteiger partial charge < -0.3 is 15.6 Å². The van der Waals surface area contributed by atoms with E-state index in [0.717, 1.165) is 0 Å². The van der Waals surface area contributed by atoms with Gasteiger partial charge >= 0.3 is 18.1 Å². The number of benzene rings is 1. The number of halogens is 3. The number of hydrogen-bond donors (Lipinski definition) is 2. The van der Waals surface area contributed by atoms with Crippen molar-refractivity contribution in [2.75, 3.05) is 6.54 Å². The number of fused-ring (bicyclic) bond motifs is 3. The fourth-order valence-electron chi connectivity index (χ4n) is 3.40. The largest absolute Gasteiger partial charge is 0.491 e. The van der Waals surface area contributed by atoms with Gasteiger partial charge in [0.25, 0.3) is 0 Å². The normalized spacial score (nSPS) is 15.7. The zero-order valence-corrected chi connectivity index (χ0v) is 14.9. The summed E-state index contributed by atoms with van der Waals surface area (Å²) >= 11 is 0. The second-order valence-corrected chi connectivity index (χ2v) is 6.59. The Morgan fingerprint density at radius 1 is 1.39 bits per heavy atom. The number of nitrogens with zero attached hydrogens (tertiary/aromatic N) is 2. The van der Waals surface area contributed by atoms with E-state index >= 15 is 0 Å². The van der Waals surface area contributed by atoms with Crippen LogP contribution in [0.15, 0.2) is 18.2 Å². The van der Waals surface area contributed by atoms with E-state index in [1.54, 1.807) is 0 Å². The minimum atomic E-state index is -5.09. The van der Waals surface area contributed by atoms with Crippen molar-refractivity contribution in [3.05, 3.63) is 35.0 Å². The Morgan fingerprint density at radius 2 is 2.11 bits per heavy atom. The van der Waals surface area contributed by atoms with Crippen LogP contribution in [-0.4, -0.2) is 39.5 Å². The van der Waals surface area contributed by atoms with Crippen molar-refractivity contribution in [2.24, 2.45) is 5.73 Å². The standard InChI is InChI=1S/C18H18F3N3O4/c1-9-7-10-8-11(28-17(27)18(19,20)21)3-4-12(10)14-13(9)15(16(25)26)24(23-14)6-2-5-22/h3-4,8-9H,2,5-7,22H2,1H3,(H,25,26). The number of esters is 1. The SMILES string of the molecule is CC1Cc2cc(OC(=O)C(F)(F)F)ccc2-c2nn(CCCN)c(C(=O)O)c21. The molecule has 28 heavy (non-hydrogen) atoms.